The summed E-state index contributed by atoms with van der Waals surface area (Å²) in [4.78, 5) is 33.9. The molecule has 0 saturated heterocycles. The van der Waals surface area contributed by atoms with E-state index in [2.05, 4.69) is 0 Å². The first-order valence-corrected chi connectivity index (χ1v) is 5.45. The fourth-order valence-electron chi connectivity index (χ4n) is 1.33. The maximum atomic E-state index is 11.5. The van der Waals surface area contributed by atoms with E-state index in [1.807, 2.05) is 0 Å². The molecule has 0 aromatic heterocycles. The summed E-state index contributed by atoms with van der Waals surface area (Å²) in [6.45, 7) is -0.357. The number of carboxylic acids is 1. The van der Waals surface area contributed by atoms with Gasteiger partial charge in [0.25, 0.3) is 0 Å². The van der Waals surface area contributed by atoms with Crippen molar-refractivity contribution in [2.24, 2.45) is 5.73 Å². The highest BCUT2D eigenvalue weighted by Gasteiger charge is 2.08. The largest absolute Gasteiger partial charge is 0.480 e. The fraction of sp³-hybridized carbons (Fsp3) is 0.154. The molecule has 6 nitrogen and oxygen atoms in total. The molecule has 6 heteroatoms. The summed E-state index contributed by atoms with van der Waals surface area (Å²) in [6, 6.07) is 6.38. The molecule has 0 aliphatic carbocycles. The van der Waals surface area contributed by atoms with E-state index in [0.29, 0.717) is 11.1 Å². The summed E-state index contributed by atoms with van der Waals surface area (Å²) in [5, 5.41) is 8.54. The molecule has 3 N–H and O–H groups in total. The van der Waals surface area contributed by atoms with Crippen molar-refractivity contribution in [2.45, 2.75) is 0 Å². The summed E-state index contributed by atoms with van der Waals surface area (Å²) in [5.74, 6) is -2.01. The Morgan fingerprint density at radius 1 is 1.26 bits per heavy atom. The van der Waals surface area contributed by atoms with Gasteiger partial charge in [0.2, 0.25) is 11.8 Å². The number of nitrogens with zero attached hydrogens (tertiary/aromatic N) is 1. The molecule has 0 bridgehead atoms. The lowest BCUT2D eigenvalue weighted by Crippen LogP contribution is -2.30. The molecule has 0 spiro atoms. The van der Waals surface area contributed by atoms with Crippen LogP contribution in [0.2, 0.25) is 0 Å². The van der Waals surface area contributed by atoms with Gasteiger partial charge in [0.15, 0.2) is 0 Å². The van der Waals surface area contributed by atoms with E-state index in [9.17, 15) is 14.4 Å². The third-order valence-electron chi connectivity index (χ3n) is 2.36. The molecule has 0 unspecified atom stereocenters. The first kappa shape index (κ1) is 14.4. The second-order valence-electron chi connectivity index (χ2n) is 3.91. The standard InChI is InChI=1S/C13H14N2O4/c1-15(8-12(17)18)11(16)7-4-9-2-5-10(6-3-9)13(14)19/h2-7H,8H2,1H3,(H2,14,19)(H,17,18)/b7-4+. The van der Waals surface area contributed by atoms with Gasteiger partial charge in [-0.05, 0) is 23.8 Å². The minimum atomic E-state index is -1.07. The normalized spacial score (nSPS) is 10.4. The number of carbonyl (C=O) groups is 3. The molecule has 1 aromatic carbocycles. The molecule has 19 heavy (non-hydrogen) atoms. The maximum Gasteiger partial charge on any atom is 0.323 e. The van der Waals surface area contributed by atoms with E-state index in [1.165, 1.54) is 19.2 Å². The van der Waals surface area contributed by atoms with E-state index in [0.717, 1.165) is 4.90 Å². The highest BCUT2D eigenvalue weighted by Crippen LogP contribution is 2.06. The Balaban J connectivity index is 2.68. The Labute approximate surface area is 110 Å². The molecule has 0 aliphatic rings. The molecule has 0 radical (unpaired) electrons. The molecular formula is C13H14N2O4. The van der Waals surface area contributed by atoms with Crippen LogP contribution < -0.4 is 5.73 Å². The third-order valence-corrected chi connectivity index (χ3v) is 2.36. The first-order chi connectivity index (χ1) is 8.90. The van der Waals surface area contributed by atoms with Crippen LogP contribution in [0, 0.1) is 0 Å². The van der Waals surface area contributed by atoms with Gasteiger partial charge in [-0.25, -0.2) is 0 Å². The summed E-state index contributed by atoms with van der Waals surface area (Å²) in [5.41, 5.74) is 6.19. The summed E-state index contributed by atoms with van der Waals surface area (Å²) in [6.07, 6.45) is 2.80. The quantitative estimate of drug-likeness (QED) is 0.747. The molecule has 0 fully saturated rings. The Morgan fingerprint density at radius 3 is 2.32 bits per heavy atom. The van der Waals surface area contributed by atoms with E-state index >= 15 is 0 Å². The molecule has 0 saturated carbocycles. The number of carboxylic acid groups (broad SMARTS) is 1. The molecule has 0 aliphatic heterocycles. The van der Waals surface area contributed by atoms with Gasteiger partial charge in [-0.15, -0.1) is 0 Å². The van der Waals surface area contributed by atoms with Gasteiger partial charge in [0, 0.05) is 18.7 Å². The number of benzene rings is 1. The predicted molar refractivity (Wildman–Crippen MR) is 69.3 cm³/mol. The zero-order valence-corrected chi connectivity index (χ0v) is 10.4. The molecule has 1 rings (SSSR count). The van der Waals surface area contributed by atoms with E-state index in [-0.39, 0.29) is 6.54 Å². The first-order valence-electron chi connectivity index (χ1n) is 5.45. The zero-order valence-electron chi connectivity index (χ0n) is 10.4. The highest BCUT2D eigenvalue weighted by atomic mass is 16.4. The van der Waals surface area contributed by atoms with Gasteiger partial charge in [-0.3, -0.25) is 14.4 Å². The number of carbonyl (C=O) groups excluding carboxylic acids is 2. The third kappa shape index (κ3) is 4.63. The van der Waals surface area contributed by atoms with Crippen molar-refractivity contribution in [3.05, 3.63) is 41.5 Å². The monoisotopic (exact) mass is 262 g/mol. The molecule has 100 valence electrons. The molecule has 0 heterocycles. The Kier molecular flexibility index (Phi) is 4.82. The Bertz CT molecular complexity index is 520. The van der Waals surface area contributed by atoms with Crippen LogP contribution in [0.25, 0.3) is 6.08 Å². The number of primary amides is 1. The summed E-state index contributed by atoms with van der Waals surface area (Å²) < 4.78 is 0. The second kappa shape index (κ2) is 6.34. The Morgan fingerprint density at radius 2 is 1.84 bits per heavy atom. The van der Waals surface area contributed by atoms with E-state index < -0.39 is 17.8 Å². The smallest absolute Gasteiger partial charge is 0.323 e. The maximum absolute atomic E-state index is 11.5. The van der Waals surface area contributed by atoms with Crippen LogP contribution in [0.5, 0.6) is 0 Å². The number of hydrogen-bond donors (Lipinski definition) is 2. The Hall–Kier alpha value is -2.63. The topological polar surface area (TPSA) is 101 Å². The van der Waals surface area contributed by atoms with Crippen molar-refractivity contribution in [2.75, 3.05) is 13.6 Å². The molecular weight excluding hydrogens is 248 g/mol. The summed E-state index contributed by atoms with van der Waals surface area (Å²) >= 11 is 0. The van der Waals surface area contributed by atoms with Crippen molar-refractivity contribution >= 4 is 23.9 Å². The van der Waals surface area contributed by atoms with Crippen LogP contribution in [0.15, 0.2) is 30.3 Å². The van der Waals surface area contributed by atoms with Crippen LogP contribution in [0.1, 0.15) is 15.9 Å². The number of amides is 2. The second-order valence-corrected chi connectivity index (χ2v) is 3.91. The van der Waals surface area contributed by atoms with Gasteiger partial charge in [0.1, 0.15) is 6.54 Å². The lowest BCUT2D eigenvalue weighted by atomic mass is 10.1. The fourth-order valence-corrected chi connectivity index (χ4v) is 1.33. The van der Waals surface area contributed by atoms with Crippen LogP contribution >= 0.6 is 0 Å². The van der Waals surface area contributed by atoms with Gasteiger partial charge in [-0.2, -0.15) is 0 Å². The van der Waals surface area contributed by atoms with Crippen LogP contribution in [0.3, 0.4) is 0 Å². The predicted octanol–water partition coefficient (Wildman–Crippen LogP) is 0.342. The average Bonchev–Trinajstić information content (AvgIpc) is 2.35. The molecule has 2 amide bonds. The van der Waals surface area contributed by atoms with E-state index in [1.54, 1.807) is 24.3 Å². The van der Waals surface area contributed by atoms with Crippen molar-refractivity contribution < 1.29 is 19.5 Å². The van der Waals surface area contributed by atoms with Crippen molar-refractivity contribution in [1.29, 1.82) is 0 Å². The number of rotatable bonds is 5. The average molecular weight is 262 g/mol. The minimum absolute atomic E-state index is 0.357. The van der Waals surface area contributed by atoms with Crippen molar-refractivity contribution in [1.82, 2.24) is 4.90 Å². The summed E-state index contributed by atoms with van der Waals surface area (Å²) in [7, 11) is 1.40. The van der Waals surface area contributed by atoms with Crippen molar-refractivity contribution in [3.8, 4) is 0 Å². The van der Waals surface area contributed by atoms with Crippen LogP contribution in [-0.2, 0) is 9.59 Å². The number of aliphatic carboxylic acids is 1. The van der Waals surface area contributed by atoms with Crippen LogP contribution in [-0.4, -0.2) is 41.4 Å². The molecule has 0 atom stereocenters. The molecule has 1 aromatic rings. The van der Waals surface area contributed by atoms with E-state index in [4.69, 9.17) is 10.8 Å². The van der Waals surface area contributed by atoms with Crippen molar-refractivity contribution in [3.63, 3.8) is 0 Å². The number of hydrogen-bond acceptors (Lipinski definition) is 3. The van der Waals surface area contributed by atoms with Gasteiger partial charge < -0.3 is 15.7 Å². The van der Waals surface area contributed by atoms with Gasteiger partial charge in [0.05, 0.1) is 0 Å². The highest BCUT2D eigenvalue weighted by molar-refractivity contribution is 5.94. The SMILES string of the molecule is CN(CC(=O)O)C(=O)/C=C/c1ccc(C(N)=O)cc1. The number of nitrogens with two attached hydrogens (primary N) is 1. The number of likely N-dealkylation sites (N-methyl/N-ethyl adjacent to an activating group) is 1. The minimum Gasteiger partial charge on any atom is -0.480 e. The van der Waals surface area contributed by atoms with Gasteiger partial charge >= 0.3 is 5.97 Å². The zero-order chi connectivity index (χ0) is 14.4. The lowest BCUT2D eigenvalue weighted by molar-refractivity contribution is -0.141. The lowest BCUT2D eigenvalue weighted by Gasteiger charge is -2.11. The van der Waals surface area contributed by atoms with Crippen LogP contribution in [0.4, 0.5) is 0 Å². The van der Waals surface area contributed by atoms with Gasteiger partial charge in [-0.1, -0.05) is 12.1 Å².